The van der Waals surface area contributed by atoms with Crippen LogP contribution in [0.25, 0.3) is 10.2 Å². The van der Waals surface area contributed by atoms with Crippen molar-refractivity contribution in [1.29, 1.82) is 0 Å². The highest BCUT2D eigenvalue weighted by Gasteiger charge is 2.24. The molecule has 1 aromatic heterocycles. The highest BCUT2D eigenvalue weighted by atomic mass is 32.1. The van der Waals surface area contributed by atoms with Crippen LogP contribution in [-0.2, 0) is 4.74 Å². The highest BCUT2D eigenvalue weighted by molar-refractivity contribution is 7.22. The molecule has 0 N–H and O–H groups in total. The van der Waals surface area contributed by atoms with Gasteiger partial charge >= 0.3 is 0 Å². The first-order valence-corrected chi connectivity index (χ1v) is 10.7. The fourth-order valence-electron chi connectivity index (χ4n) is 3.40. The van der Waals surface area contributed by atoms with Crippen LogP contribution in [0.4, 0.5) is 10.8 Å². The summed E-state index contributed by atoms with van der Waals surface area (Å²) in [6.45, 7) is 4.01. The summed E-state index contributed by atoms with van der Waals surface area (Å²) in [5, 5.41) is 11.7. The summed E-state index contributed by atoms with van der Waals surface area (Å²) in [5.41, 5.74) is 0.878. The molecule has 0 atom stereocenters. The van der Waals surface area contributed by atoms with Crippen molar-refractivity contribution in [1.82, 2.24) is 9.88 Å². The van der Waals surface area contributed by atoms with E-state index in [4.69, 9.17) is 9.47 Å². The van der Waals surface area contributed by atoms with Gasteiger partial charge in [-0.1, -0.05) is 17.4 Å². The van der Waals surface area contributed by atoms with E-state index in [1.54, 1.807) is 18.1 Å². The van der Waals surface area contributed by atoms with E-state index in [-0.39, 0.29) is 17.2 Å². The highest BCUT2D eigenvalue weighted by Crippen LogP contribution is 2.32. The number of hydrogen-bond donors (Lipinski definition) is 0. The summed E-state index contributed by atoms with van der Waals surface area (Å²) < 4.78 is 11.6. The van der Waals surface area contributed by atoms with Gasteiger partial charge in [0, 0.05) is 49.9 Å². The fraction of sp³-hybridized carbons (Fsp3) is 0.333. The Balaban J connectivity index is 1.65. The Morgan fingerprint density at radius 2 is 2.10 bits per heavy atom. The van der Waals surface area contributed by atoms with Crippen LogP contribution in [0.5, 0.6) is 5.75 Å². The number of anilines is 1. The van der Waals surface area contributed by atoms with Crippen molar-refractivity contribution in [3.63, 3.8) is 0 Å². The number of carbonyl (C=O) groups is 1. The molecule has 0 bridgehead atoms. The number of aromatic nitrogens is 1. The smallest absolute Gasteiger partial charge is 0.270 e. The standard InChI is InChI=1S/C21H22N4O5S/c1-29-17-5-6-19-18(14-17)22-21(31-19)24(8-7-23-9-11-30-12-10-23)20(26)15-3-2-4-16(13-15)25(27)28/h2-6,13-14H,7-12H2,1H3. The van der Waals surface area contributed by atoms with Gasteiger partial charge in [-0.2, -0.15) is 0 Å². The number of rotatable bonds is 7. The van der Waals surface area contributed by atoms with Gasteiger partial charge in [0.25, 0.3) is 11.6 Å². The van der Waals surface area contributed by atoms with E-state index in [2.05, 4.69) is 9.88 Å². The summed E-state index contributed by atoms with van der Waals surface area (Å²) in [4.78, 5) is 32.5. The van der Waals surface area contributed by atoms with Crippen LogP contribution in [0.1, 0.15) is 10.4 Å². The van der Waals surface area contributed by atoms with E-state index in [0.717, 1.165) is 23.3 Å². The molecule has 9 nitrogen and oxygen atoms in total. The molecule has 0 unspecified atom stereocenters. The maximum atomic E-state index is 13.4. The minimum Gasteiger partial charge on any atom is -0.497 e. The lowest BCUT2D eigenvalue weighted by molar-refractivity contribution is -0.384. The lowest BCUT2D eigenvalue weighted by atomic mass is 10.2. The lowest BCUT2D eigenvalue weighted by Gasteiger charge is -2.29. The van der Waals surface area contributed by atoms with E-state index < -0.39 is 4.92 Å². The molecule has 1 aliphatic rings. The van der Waals surface area contributed by atoms with Crippen molar-refractivity contribution in [3.8, 4) is 5.75 Å². The van der Waals surface area contributed by atoms with Gasteiger partial charge in [-0.15, -0.1) is 0 Å². The van der Waals surface area contributed by atoms with Crippen LogP contribution in [0, 0.1) is 10.1 Å². The van der Waals surface area contributed by atoms with E-state index in [1.165, 1.54) is 29.5 Å². The van der Waals surface area contributed by atoms with E-state index in [9.17, 15) is 14.9 Å². The number of non-ortho nitro benzene ring substituents is 1. The Kier molecular flexibility index (Phi) is 6.40. The number of morpholine rings is 1. The van der Waals surface area contributed by atoms with Gasteiger partial charge in [0.05, 0.1) is 35.5 Å². The molecule has 162 valence electrons. The number of fused-ring (bicyclic) bond motifs is 1. The van der Waals surface area contributed by atoms with Crippen molar-refractivity contribution < 1.29 is 19.2 Å². The van der Waals surface area contributed by atoms with Crippen LogP contribution in [0.15, 0.2) is 42.5 Å². The third kappa shape index (κ3) is 4.82. The van der Waals surface area contributed by atoms with Crippen LogP contribution >= 0.6 is 11.3 Å². The molecule has 10 heteroatoms. The number of nitro benzene ring substituents is 1. The number of methoxy groups -OCH3 is 1. The van der Waals surface area contributed by atoms with Crippen molar-refractivity contribution >= 4 is 38.3 Å². The number of benzene rings is 2. The first-order valence-electron chi connectivity index (χ1n) is 9.86. The molecular weight excluding hydrogens is 420 g/mol. The number of thiazole rings is 1. The monoisotopic (exact) mass is 442 g/mol. The molecule has 1 amide bonds. The molecule has 0 aliphatic carbocycles. The van der Waals surface area contributed by atoms with Crippen molar-refractivity contribution in [2.24, 2.45) is 0 Å². The second-order valence-corrected chi connectivity index (χ2v) is 8.06. The molecule has 2 aromatic carbocycles. The SMILES string of the molecule is COc1ccc2sc(N(CCN3CCOCC3)C(=O)c3cccc([N+](=O)[O-])c3)nc2c1. The van der Waals surface area contributed by atoms with Crippen LogP contribution < -0.4 is 9.64 Å². The lowest BCUT2D eigenvalue weighted by Crippen LogP contribution is -2.43. The number of hydrogen-bond acceptors (Lipinski definition) is 8. The molecular formula is C21H22N4O5S. The molecule has 0 spiro atoms. The molecule has 1 aliphatic heterocycles. The average molecular weight is 442 g/mol. The van der Waals surface area contributed by atoms with Crippen LogP contribution in [0.3, 0.4) is 0 Å². The van der Waals surface area contributed by atoms with Crippen molar-refractivity contribution in [2.45, 2.75) is 0 Å². The Morgan fingerprint density at radius 1 is 1.29 bits per heavy atom. The Labute approximate surface area is 183 Å². The van der Waals surface area contributed by atoms with E-state index in [0.29, 0.717) is 37.2 Å². The van der Waals surface area contributed by atoms with Crippen LogP contribution in [-0.4, -0.2) is 67.2 Å². The number of amides is 1. The predicted octanol–water partition coefficient (Wildman–Crippen LogP) is 3.19. The predicted molar refractivity (Wildman–Crippen MR) is 118 cm³/mol. The molecule has 2 heterocycles. The number of nitrogens with zero attached hydrogens (tertiary/aromatic N) is 4. The Hall–Kier alpha value is -3.08. The summed E-state index contributed by atoms with van der Waals surface area (Å²) in [6.07, 6.45) is 0. The molecule has 1 saturated heterocycles. The maximum absolute atomic E-state index is 13.4. The fourth-order valence-corrected chi connectivity index (χ4v) is 4.37. The topological polar surface area (TPSA) is 98.0 Å². The van der Waals surface area contributed by atoms with E-state index >= 15 is 0 Å². The number of nitro groups is 1. The second-order valence-electron chi connectivity index (χ2n) is 7.05. The number of carbonyl (C=O) groups excluding carboxylic acids is 1. The van der Waals surface area contributed by atoms with Gasteiger partial charge in [-0.05, 0) is 18.2 Å². The van der Waals surface area contributed by atoms with Crippen molar-refractivity contribution in [3.05, 3.63) is 58.1 Å². The summed E-state index contributed by atoms with van der Waals surface area (Å²) >= 11 is 1.41. The zero-order valence-electron chi connectivity index (χ0n) is 17.0. The largest absolute Gasteiger partial charge is 0.497 e. The van der Waals surface area contributed by atoms with Crippen LogP contribution in [0.2, 0.25) is 0 Å². The number of ether oxygens (including phenoxy) is 2. The zero-order chi connectivity index (χ0) is 21.8. The van der Waals surface area contributed by atoms with Gasteiger partial charge in [-0.3, -0.25) is 24.7 Å². The van der Waals surface area contributed by atoms with E-state index in [1.807, 2.05) is 18.2 Å². The zero-order valence-corrected chi connectivity index (χ0v) is 17.8. The molecule has 3 aromatic rings. The van der Waals surface area contributed by atoms with Gasteiger partial charge in [0.15, 0.2) is 5.13 Å². The molecule has 1 fully saturated rings. The summed E-state index contributed by atoms with van der Waals surface area (Å²) in [7, 11) is 1.59. The quantitative estimate of drug-likeness (QED) is 0.409. The Bertz CT molecular complexity index is 1100. The third-order valence-electron chi connectivity index (χ3n) is 5.11. The first-order chi connectivity index (χ1) is 15.0. The van der Waals surface area contributed by atoms with Gasteiger partial charge in [0.2, 0.25) is 0 Å². The third-order valence-corrected chi connectivity index (χ3v) is 6.17. The minimum atomic E-state index is -0.501. The maximum Gasteiger partial charge on any atom is 0.270 e. The Morgan fingerprint density at radius 3 is 2.84 bits per heavy atom. The van der Waals surface area contributed by atoms with Crippen molar-refractivity contribution in [2.75, 3.05) is 51.4 Å². The molecule has 0 saturated carbocycles. The second kappa shape index (κ2) is 9.38. The normalized spacial score (nSPS) is 14.5. The van der Waals surface area contributed by atoms with Gasteiger partial charge in [-0.25, -0.2) is 4.98 Å². The molecule has 0 radical (unpaired) electrons. The first kappa shape index (κ1) is 21.2. The van der Waals surface area contributed by atoms with Gasteiger partial charge in [0.1, 0.15) is 5.75 Å². The average Bonchev–Trinajstić information content (AvgIpc) is 3.22. The summed E-state index contributed by atoms with van der Waals surface area (Å²) in [5.74, 6) is 0.372. The van der Waals surface area contributed by atoms with Gasteiger partial charge < -0.3 is 9.47 Å². The summed E-state index contributed by atoms with van der Waals surface area (Å²) in [6, 6.07) is 11.4. The minimum absolute atomic E-state index is 0.118. The molecule has 31 heavy (non-hydrogen) atoms. The molecule has 4 rings (SSSR count).